The van der Waals surface area contributed by atoms with E-state index in [1.54, 1.807) is 18.2 Å². The number of amides is 3. The maximum atomic E-state index is 12.3. The van der Waals surface area contributed by atoms with Crippen LogP contribution in [0, 0.1) is 11.8 Å². The third kappa shape index (κ3) is 3.39. The van der Waals surface area contributed by atoms with Crippen molar-refractivity contribution in [2.45, 2.75) is 19.3 Å². The van der Waals surface area contributed by atoms with Crippen molar-refractivity contribution in [2.24, 2.45) is 11.8 Å². The summed E-state index contributed by atoms with van der Waals surface area (Å²) in [5.41, 5.74) is 0.574. The summed E-state index contributed by atoms with van der Waals surface area (Å²) in [5, 5.41) is 3.22. The van der Waals surface area contributed by atoms with Gasteiger partial charge in [0.05, 0.1) is 16.9 Å². The molecule has 1 aliphatic carbocycles. The highest BCUT2D eigenvalue weighted by Crippen LogP contribution is 2.35. The molecule has 0 bridgehead atoms. The van der Waals surface area contributed by atoms with Gasteiger partial charge in [0.2, 0.25) is 17.7 Å². The van der Waals surface area contributed by atoms with Gasteiger partial charge >= 0.3 is 0 Å². The number of allylic oxidation sites excluding steroid dienone is 2. The van der Waals surface area contributed by atoms with Crippen molar-refractivity contribution in [1.29, 1.82) is 0 Å². The average Bonchev–Trinajstić information content (AvgIpc) is 2.81. The summed E-state index contributed by atoms with van der Waals surface area (Å²) in [7, 11) is 0. The van der Waals surface area contributed by atoms with Crippen molar-refractivity contribution in [3.8, 4) is 0 Å². The molecule has 1 aliphatic heterocycles. The first-order valence-electron chi connectivity index (χ1n) is 7.72. The Labute approximate surface area is 153 Å². The van der Waals surface area contributed by atoms with Crippen molar-refractivity contribution >= 4 is 50.9 Å². The van der Waals surface area contributed by atoms with Gasteiger partial charge in [-0.1, -0.05) is 23.8 Å². The summed E-state index contributed by atoms with van der Waals surface area (Å²) in [4.78, 5) is 37.9. The van der Waals surface area contributed by atoms with E-state index in [0.29, 0.717) is 23.6 Å². The van der Waals surface area contributed by atoms with Crippen LogP contribution in [0.3, 0.4) is 0 Å². The fraction of sp³-hybridized carbons (Fsp3) is 0.353. The van der Waals surface area contributed by atoms with Crippen molar-refractivity contribution in [2.75, 3.05) is 11.9 Å². The Morgan fingerprint density at radius 1 is 1.21 bits per heavy atom. The van der Waals surface area contributed by atoms with E-state index in [1.165, 1.54) is 4.90 Å². The summed E-state index contributed by atoms with van der Waals surface area (Å²) in [6, 6.07) is 5.10. The highest BCUT2D eigenvalue weighted by atomic mass is 79.9. The number of fused-ring (bicyclic) bond motifs is 1. The molecule has 5 nitrogen and oxygen atoms in total. The monoisotopic (exact) mass is 410 g/mol. The van der Waals surface area contributed by atoms with Gasteiger partial charge in [-0.05, 0) is 47.0 Å². The summed E-state index contributed by atoms with van der Waals surface area (Å²) < 4.78 is 0.742. The topological polar surface area (TPSA) is 66.5 Å². The number of hydrogen-bond acceptors (Lipinski definition) is 3. The maximum Gasteiger partial charge on any atom is 0.233 e. The molecule has 1 fully saturated rings. The molecular weight excluding hydrogens is 396 g/mol. The molecule has 1 aromatic carbocycles. The number of nitrogens with one attached hydrogen (secondary N) is 1. The Morgan fingerprint density at radius 3 is 2.42 bits per heavy atom. The molecule has 3 rings (SSSR count). The Morgan fingerprint density at radius 2 is 1.83 bits per heavy atom. The zero-order valence-electron chi connectivity index (χ0n) is 12.8. The lowest BCUT2D eigenvalue weighted by Gasteiger charge is -2.14. The Balaban J connectivity index is 1.57. The van der Waals surface area contributed by atoms with Crippen molar-refractivity contribution in [3.05, 3.63) is 39.8 Å². The molecule has 1 N–H and O–H groups in total. The van der Waals surface area contributed by atoms with Crippen LogP contribution in [0.5, 0.6) is 0 Å². The van der Waals surface area contributed by atoms with Crippen LogP contribution in [0.1, 0.15) is 19.3 Å². The van der Waals surface area contributed by atoms with E-state index in [0.717, 1.165) is 4.47 Å². The summed E-state index contributed by atoms with van der Waals surface area (Å²) in [6.07, 6.45) is 5.17. The lowest BCUT2D eigenvalue weighted by atomic mass is 9.85. The van der Waals surface area contributed by atoms with Gasteiger partial charge in [-0.3, -0.25) is 19.3 Å². The molecule has 1 heterocycles. The van der Waals surface area contributed by atoms with Gasteiger partial charge in [0.25, 0.3) is 0 Å². The minimum absolute atomic E-state index is 0.0675. The summed E-state index contributed by atoms with van der Waals surface area (Å²) in [6.45, 7) is 0.112. The van der Waals surface area contributed by atoms with E-state index >= 15 is 0 Å². The van der Waals surface area contributed by atoms with Crippen LogP contribution in [0.2, 0.25) is 5.02 Å². The predicted molar refractivity (Wildman–Crippen MR) is 94.5 cm³/mol. The molecule has 3 amide bonds. The third-order valence-corrected chi connectivity index (χ3v) is 5.60. The van der Waals surface area contributed by atoms with Crippen molar-refractivity contribution in [3.63, 3.8) is 0 Å². The second kappa shape index (κ2) is 7.07. The maximum absolute atomic E-state index is 12.3. The molecule has 1 aromatic rings. The largest absolute Gasteiger partial charge is 0.326 e. The van der Waals surface area contributed by atoms with Crippen LogP contribution in [-0.4, -0.2) is 29.2 Å². The highest BCUT2D eigenvalue weighted by molar-refractivity contribution is 9.10. The highest BCUT2D eigenvalue weighted by Gasteiger charge is 2.46. The van der Waals surface area contributed by atoms with Crippen LogP contribution < -0.4 is 5.32 Å². The molecular formula is C17H16BrClN2O3. The van der Waals surface area contributed by atoms with E-state index in [2.05, 4.69) is 21.2 Å². The van der Waals surface area contributed by atoms with E-state index in [9.17, 15) is 14.4 Å². The number of likely N-dealkylation sites (tertiary alicyclic amines) is 1. The van der Waals surface area contributed by atoms with Crippen LogP contribution in [0.4, 0.5) is 5.69 Å². The standard InChI is InChI=1S/C17H16BrClN2O3/c18-13-6-5-10(9-14(13)19)20-15(22)7-8-21-16(23)11-3-1-2-4-12(11)17(21)24/h1-2,5-6,9,11-12H,3-4,7-8H2,(H,20,22)/t11-,12+. The quantitative estimate of drug-likeness (QED) is 0.610. The third-order valence-electron chi connectivity index (χ3n) is 4.36. The Bertz CT molecular complexity index is 709. The molecule has 0 unspecified atom stereocenters. The minimum Gasteiger partial charge on any atom is -0.326 e. The van der Waals surface area contributed by atoms with E-state index in [1.807, 2.05) is 12.2 Å². The Hall–Kier alpha value is -1.66. The van der Waals surface area contributed by atoms with Gasteiger partial charge in [-0.25, -0.2) is 0 Å². The van der Waals surface area contributed by atoms with Crippen molar-refractivity contribution in [1.82, 2.24) is 4.90 Å². The molecule has 1 saturated heterocycles. The fourth-order valence-electron chi connectivity index (χ4n) is 3.10. The number of halogens is 2. The van der Waals surface area contributed by atoms with Gasteiger partial charge < -0.3 is 5.32 Å². The van der Waals surface area contributed by atoms with Crippen LogP contribution in [0.25, 0.3) is 0 Å². The molecule has 2 aliphatic rings. The minimum atomic E-state index is -0.262. The van der Waals surface area contributed by atoms with E-state index in [4.69, 9.17) is 11.6 Å². The zero-order valence-corrected chi connectivity index (χ0v) is 15.1. The fourth-order valence-corrected chi connectivity index (χ4v) is 3.53. The number of carbonyl (C=O) groups is 3. The van der Waals surface area contributed by atoms with Crippen LogP contribution in [0.15, 0.2) is 34.8 Å². The SMILES string of the molecule is O=C(CCN1C(=O)[C@H]2CC=CC[C@H]2C1=O)Nc1ccc(Br)c(Cl)c1. The first-order valence-corrected chi connectivity index (χ1v) is 8.89. The zero-order chi connectivity index (χ0) is 17.3. The lowest BCUT2D eigenvalue weighted by molar-refractivity contribution is -0.140. The lowest BCUT2D eigenvalue weighted by Crippen LogP contribution is -2.34. The number of benzene rings is 1. The number of hydrogen-bond donors (Lipinski definition) is 1. The number of nitrogens with zero attached hydrogens (tertiary/aromatic N) is 1. The van der Waals surface area contributed by atoms with Gasteiger partial charge in [-0.2, -0.15) is 0 Å². The predicted octanol–water partition coefficient (Wildman–Crippen LogP) is 3.38. The normalized spacial score (nSPS) is 22.7. The number of rotatable bonds is 4. The molecule has 0 radical (unpaired) electrons. The van der Waals surface area contributed by atoms with Gasteiger partial charge in [0.1, 0.15) is 0 Å². The van der Waals surface area contributed by atoms with Gasteiger partial charge in [-0.15, -0.1) is 0 Å². The molecule has 0 saturated carbocycles. The second-order valence-electron chi connectivity index (χ2n) is 5.91. The second-order valence-corrected chi connectivity index (χ2v) is 7.17. The smallest absolute Gasteiger partial charge is 0.233 e. The first-order chi connectivity index (χ1) is 11.5. The first kappa shape index (κ1) is 17.2. The average molecular weight is 412 g/mol. The molecule has 2 atom stereocenters. The summed E-state index contributed by atoms with van der Waals surface area (Å²) in [5.74, 6) is -1.09. The summed E-state index contributed by atoms with van der Waals surface area (Å²) >= 11 is 9.27. The molecule has 7 heteroatoms. The van der Waals surface area contributed by atoms with E-state index < -0.39 is 0 Å². The molecule has 126 valence electrons. The van der Waals surface area contributed by atoms with Gasteiger partial charge in [0.15, 0.2) is 0 Å². The molecule has 24 heavy (non-hydrogen) atoms. The number of anilines is 1. The van der Waals surface area contributed by atoms with Crippen LogP contribution in [-0.2, 0) is 14.4 Å². The van der Waals surface area contributed by atoms with E-state index in [-0.39, 0.29) is 42.5 Å². The number of imide groups is 1. The molecule has 0 spiro atoms. The number of carbonyl (C=O) groups excluding carboxylic acids is 3. The Kier molecular flexibility index (Phi) is 5.06. The molecule has 0 aromatic heterocycles. The van der Waals surface area contributed by atoms with Crippen LogP contribution >= 0.6 is 27.5 Å². The van der Waals surface area contributed by atoms with Gasteiger partial charge in [0, 0.05) is 23.1 Å². The van der Waals surface area contributed by atoms with Crippen molar-refractivity contribution < 1.29 is 14.4 Å².